The summed E-state index contributed by atoms with van der Waals surface area (Å²) in [4.78, 5) is 18.0. The van der Waals surface area contributed by atoms with Gasteiger partial charge < -0.3 is 4.74 Å². The van der Waals surface area contributed by atoms with Crippen LogP contribution in [0.2, 0.25) is 5.15 Å². The third-order valence-electron chi connectivity index (χ3n) is 2.91. The Morgan fingerprint density at radius 1 is 1.43 bits per heavy atom. The van der Waals surface area contributed by atoms with E-state index in [0.29, 0.717) is 12.2 Å². The number of hydrogen-bond donors (Lipinski definition) is 0. The third-order valence-corrected chi connectivity index (χ3v) is 3.18. The van der Waals surface area contributed by atoms with E-state index in [-0.39, 0.29) is 5.15 Å². The number of carbonyl (C=O) groups excluding carboxylic acids is 1. The molecule has 0 fully saturated rings. The lowest BCUT2D eigenvalue weighted by Gasteiger charge is -2.26. The topological polar surface area (TPSA) is 60.2 Å². The Morgan fingerprint density at radius 2 is 2.17 bits per heavy atom. The van der Waals surface area contributed by atoms with E-state index < -0.39 is 11.7 Å². The molecule has 7 heteroatoms. The van der Waals surface area contributed by atoms with Gasteiger partial charge in [-0.05, 0) is 39.3 Å². The average Bonchev–Trinajstić information content (AvgIpc) is 2.85. The second-order valence-electron chi connectivity index (χ2n) is 6.09. The Balaban J connectivity index is 2.33. The third kappa shape index (κ3) is 4.45. The minimum atomic E-state index is -0.575. The molecule has 0 N–H and O–H groups in total. The highest BCUT2D eigenvalue weighted by Crippen LogP contribution is 2.27. The first-order valence-corrected chi connectivity index (χ1v) is 7.85. The molecular formula is C16H21ClN4O2. The molecule has 2 aromatic rings. The molecule has 0 bridgehead atoms. The first-order chi connectivity index (χ1) is 10.8. The van der Waals surface area contributed by atoms with Gasteiger partial charge in [-0.2, -0.15) is 5.10 Å². The summed E-state index contributed by atoms with van der Waals surface area (Å²) in [5.41, 5.74) is 0.711. The van der Waals surface area contributed by atoms with Gasteiger partial charge in [-0.3, -0.25) is 9.88 Å². The van der Waals surface area contributed by atoms with Crippen molar-refractivity contribution in [3.63, 3.8) is 0 Å². The second-order valence-corrected chi connectivity index (χ2v) is 6.45. The van der Waals surface area contributed by atoms with Crippen molar-refractivity contribution < 1.29 is 9.53 Å². The van der Waals surface area contributed by atoms with Gasteiger partial charge in [-0.15, -0.1) is 0 Å². The fourth-order valence-corrected chi connectivity index (χ4v) is 2.23. The number of aromatic nitrogens is 3. The van der Waals surface area contributed by atoms with Crippen LogP contribution in [-0.2, 0) is 4.74 Å². The van der Waals surface area contributed by atoms with Crippen LogP contribution in [-0.4, -0.2) is 33.0 Å². The van der Waals surface area contributed by atoms with Crippen molar-refractivity contribution in [2.75, 3.05) is 11.4 Å². The first-order valence-electron chi connectivity index (χ1n) is 7.48. The Bertz CT molecular complexity index is 664. The van der Waals surface area contributed by atoms with Gasteiger partial charge in [0.25, 0.3) is 0 Å². The summed E-state index contributed by atoms with van der Waals surface area (Å²) in [5, 5.41) is 4.50. The molecule has 1 amide bonds. The normalized spacial score (nSPS) is 11.3. The molecule has 2 aromatic heterocycles. The molecule has 0 saturated carbocycles. The van der Waals surface area contributed by atoms with Crippen LogP contribution in [0.4, 0.5) is 10.5 Å². The van der Waals surface area contributed by atoms with Crippen molar-refractivity contribution in [3.05, 3.63) is 35.9 Å². The van der Waals surface area contributed by atoms with E-state index >= 15 is 0 Å². The maximum absolute atomic E-state index is 12.4. The highest BCUT2D eigenvalue weighted by Gasteiger charge is 2.26. The lowest BCUT2D eigenvalue weighted by Crippen LogP contribution is -2.37. The molecule has 0 saturated heterocycles. The van der Waals surface area contributed by atoms with Crippen molar-refractivity contribution >= 4 is 23.4 Å². The molecule has 0 aliphatic heterocycles. The van der Waals surface area contributed by atoms with Crippen LogP contribution in [0.3, 0.4) is 0 Å². The minimum Gasteiger partial charge on any atom is -0.443 e. The van der Waals surface area contributed by atoms with Gasteiger partial charge >= 0.3 is 6.09 Å². The van der Waals surface area contributed by atoms with Crippen molar-refractivity contribution in [2.24, 2.45) is 0 Å². The number of ether oxygens (including phenoxy) is 1. The van der Waals surface area contributed by atoms with E-state index in [2.05, 4.69) is 10.1 Å². The largest absolute Gasteiger partial charge is 0.443 e. The molecule has 0 radical (unpaired) electrons. The smallest absolute Gasteiger partial charge is 0.414 e. The molecular weight excluding hydrogens is 316 g/mol. The molecule has 23 heavy (non-hydrogen) atoms. The summed E-state index contributed by atoms with van der Waals surface area (Å²) in [7, 11) is 0. The van der Waals surface area contributed by atoms with Gasteiger partial charge in [0.15, 0.2) is 5.15 Å². The van der Waals surface area contributed by atoms with E-state index in [1.807, 2.05) is 39.8 Å². The number of pyridine rings is 1. The standard InChI is InChI=1S/C16H21ClN4O2/c1-5-9-20(15(22)23-16(2,3)4)13-11-21(19-14(13)17)12-7-6-8-18-10-12/h6-8,10-11H,5,9H2,1-4H3. The Morgan fingerprint density at radius 3 is 2.74 bits per heavy atom. The summed E-state index contributed by atoms with van der Waals surface area (Å²) >= 11 is 6.24. The summed E-state index contributed by atoms with van der Waals surface area (Å²) in [5.74, 6) is 0. The van der Waals surface area contributed by atoms with Crippen molar-refractivity contribution in [1.82, 2.24) is 14.8 Å². The summed E-state index contributed by atoms with van der Waals surface area (Å²) in [6.45, 7) is 7.96. The first kappa shape index (κ1) is 17.3. The fraction of sp³-hybridized carbons (Fsp3) is 0.438. The Kier molecular flexibility index (Phi) is 5.26. The van der Waals surface area contributed by atoms with Gasteiger partial charge in [0.2, 0.25) is 0 Å². The number of halogens is 1. The van der Waals surface area contributed by atoms with E-state index in [4.69, 9.17) is 16.3 Å². The highest BCUT2D eigenvalue weighted by molar-refractivity contribution is 6.32. The lowest BCUT2D eigenvalue weighted by atomic mass is 10.2. The molecule has 6 nitrogen and oxygen atoms in total. The maximum Gasteiger partial charge on any atom is 0.414 e. The molecule has 0 aliphatic carbocycles. The van der Waals surface area contributed by atoms with Gasteiger partial charge in [-0.1, -0.05) is 18.5 Å². The molecule has 0 aliphatic rings. The van der Waals surface area contributed by atoms with E-state index in [0.717, 1.165) is 12.1 Å². The number of rotatable bonds is 4. The zero-order chi connectivity index (χ0) is 17.0. The van der Waals surface area contributed by atoms with Crippen molar-refractivity contribution in [1.29, 1.82) is 0 Å². The quantitative estimate of drug-likeness (QED) is 0.844. The number of nitrogens with zero attached hydrogens (tertiary/aromatic N) is 4. The van der Waals surface area contributed by atoms with Crippen LogP contribution < -0.4 is 4.90 Å². The monoisotopic (exact) mass is 336 g/mol. The summed E-state index contributed by atoms with van der Waals surface area (Å²) in [6.07, 6.45) is 5.39. The molecule has 2 rings (SSSR count). The molecule has 124 valence electrons. The van der Waals surface area contributed by atoms with Crippen LogP contribution in [0.5, 0.6) is 0 Å². The van der Waals surface area contributed by atoms with E-state index in [1.165, 1.54) is 4.90 Å². The fourth-order valence-electron chi connectivity index (χ4n) is 2.00. The van der Waals surface area contributed by atoms with Gasteiger partial charge in [-0.25, -0.2) is 9.48 Å². The number of carbonyl (C=O) groups is 1. The number of hydrogen-bond acceptors (Lipinski definition) is 4. The predicted molar refractivity (Wildman–Crippen MR) is 90.2 cm³/mol. The van der Waals surface area contributed by atoms with Gasteiger partial charge in [0.1, 0.15) is 11.3 Å². The second kappa shape index (κ2) is 7.00. The van der Waals surface area contributed by atoms with Crippen LogP contribution in [0, 0.1) is 0 Å². The molecule has 2 heterocycles. The molecule has 0 aromatic carbocycles. The summed E-state index contributed by atoms with van der Waals surface area (Å²) in [6, 6.07) is 3.67. The highest BCUT2D eigenvalue weighted by atomic mass is 35.5. The number of anilines is 1. The zero-order valence-electron chi connectivity index (χ0n) is 13.8. The molecule has 0 atom stereocenters. The minimum absolute atomic E-state index is 0.244. The van der Waals surface area contributed by atoms with Crippen LogP contribution in [0.1, 0.15) is 34.1 Å². The van der Waals surface area contributed by atoms with Gasteiger partial charge in [0.05, 0.1) is 18.1 Å². The lowest BCUT2D eigenvalue weighted by molar-refractivity contribution is 0.0580. The number of amides is 1. The SMILES string of the molecule is CCCN(C(=O)OC(C)(C)C)c1cn(-c2cccnc2)nc1Cl. The van der Waals surface area contributed by atoms with Crippen LogP contribution in [0.25, 0.3) is 5.69 Å². The van der Waals surface area contributed by atoms with Crippen molar-refractivity contribution in [2.45, 2.75) is 39.7 Å². The Hall–Kier alpha value is -2.08. The Labute approximate surface area is 141 Å². The zero-order valence-corrected chi connectivity index (χ0v) is 14.5. The van der Waals surface area contributed by atoms with Crippen LogP contribution >= 0.6 is 11.6 Å². The van der Waals surface area contributed by atoms with Crippen molar-refractivity contribution in [3.8, 4) is 5.69 Å². The van der Waals surface area contributed by atoms with E-state index in [9.17, 15) is 4.79 Å². The van der Waals surface area contributed by atoms with Crippen LogP contribution in [0.15, 0.2) is 30.7 Å². The average molecular weight is 337 g/mol. The maximum atomic E-state index is 12.4. The molecule has 0 spiro atoms. The molecule has 0 unspecified atom stereocenters. The van der Waals surface area contributed by atoms with E-state index in [1.54, 1.807) is 23.3 Å². The predicted octanol–water partition coefficient (Wildman–Crippen LogP) is 4.07. The summed E-state index contributed by atoms with van der Waals surface area (Å²) < 4.78 is 7.05. The van der Waals surface area contributed by atoms with Gasteiger partial charge in [0, 0.05) is 12.7 Å².